The van der Waals surface area contributed by atoms with Crippen molar-refractivity contribution in [2.45, 2.75) is 44.9 Å². The van der Waals surface area contributed by atoms with Gasteiger partial charge in [-0.15, -0.1) is 0 Å². The highest BCUT2D eigenvalue weighted by molar-refractivity contribution is 6.30. The molecule has 1 heterocycles. The molecule has 6 nitrogen and oxygen atoms in total. The van der Waals surface area contributed by atoms with Gasteiger partial charge in [-0.1, -0.05) is 23.7 Å². The summed E-state index contributed by atoms with van der Waals surface area (Å²) in [6.45, 7) is 5.27. The van der Waals surface area contributed by atoms with Gasteiger partial charge in [0.15, 0.2) is 0 Å². The first kappa shape index (κ1) is 19.9. The number of nitrogens with zero attached hydrogens (tertiary/aromatic N) is 1. The number of aliphatic hydroxyl groups excluding tert-OH is 1. The van der Waals surface area contributed by atoms with E-state index in [1.54, 1.807) is 26.8 Å². The summed E-state index contributed by atoms with van der Waals surface area (Å²) in [5.41, 5.74) is -0.560. The second-order valence-electron chi connectivity index (χ2n) is 8.12. The molecule has 0 unspecified atom stereocenters. The van der Waals surface area contributed by atoms with Crippen LogP contribution in [0.1, 0.15) is 38.8 Å². The van der Waals surface area contributed by atoms with Crippen LogP contribution in [0.15, 0.2) is 18.2 Å². The highest BCUT2D eigenvalue weighted by Crippen LogP contribution is 2.50. The van der Waals surface area contributed by atoms with Gasteiger partial charge in [0, 0.05) is 12.1 Å². The number of likely N-dealkylation sites (tertiary alicyclic amines) is 1. The summed E-state index contributed by atoms with van der Waals surface area (Å²) in [7, 11) is 0. The van der Waals surface area contributed by atoms with E-state index in [0.717, 1.165) is 6.42 Å². The number of amides is 2. The van der Waals surface area contributed by atoms with Gasteiger partial charge in [0.1, 0.15) is 17.5 Å². The highest BCUT2D eigenvalue weighted by Gasteiger charge is 2.57. The lowest BCUT2D eigenvalue weighted by atomic mass is 10.1. The Bertz CT molecular complexity index is 752. The Labute approximate surface area is 162 Å². The molecule has 27 heavy (non-hydrogen) atoms. The molecule has 4 atom stereocenters. The minimum absolute atomic E-state index is 0.0704. The van der Waals surface area contributed by atoms with Crippen LogP contribution in [0.3, 0.4) is 0 Å². The first-order chi connectivity index (χ1) is 12.6. The van der Waals surface area contributed by atoms with E-state index in [4.69, 9.17) is 16.3 Å². The zero-order chi connectivity index (χ0) is 19.9. The molecule has 0 spiro atoms. The van der Waals surface area contributed by atoms with Gasteiger partial charge < -0.3 is 15.2 Å². The number of fused-ring (bicyclic) bond motifs is 1. The lowest BCUT2D eigenvalue weighted by Crippen LogP contribution is -2.50. The number of ether oxygens (including phenoxy) is 1. The van der Waals surface area contributed by atoms with Gasteiger partial charge in [-0.3, -0.25) is 9.69 Å². The van der Waals surface area contributed by atoms with Crippen LogP contribution in [-0.2, 0) is 9.53 Å². The Morgan fingerprint density at radius 3 is 2.78 bits per heavy atom. The summed E-state index contributed by atoms with van der Waals surface area (Å²) in [6.07, 6.45) is 0.330. The topological polar surface area (TPSA) is 78.9 Å². The van der Waals surface area contributed by atoms with Crippen molar-refractivity contribution in [3.8, 4) is 0 Å². The SMILES string of the molecule is CC(C)(C)OC(=O)N1C[C@@H]2C[C@@H]2[C@H]1C(=O)N[C@H](CO)c1cccc(Cl)c1F. The van der Waals surface area contributed by atoms with Crippen molar-refractivity contribution in [3.63, 3.8) is 0 Å². The average molecular weight is 399 g/mol. The predicted octanol–water partition coefficient (Wildman–Crippen LogP) is 2.88. The van der Waals surface area contributed by atoms with Crippen LogP contribution in [0.5, 0.6) is 0 Å². The van der Waals surface area contributed by atoms with Gasteiger partial charge >= 0.3 is 6.09 Å². The molecule has 2 N–H and O–H groups in total. The fraction of sp³-hybridized carbons (Fsp3) is 0.579. The molecule has 0 radical (unpaired) electrons. The highest BCUT2D eigenvalue weighted by atomic mass is 35.5. The fourth-order valence-electron chi connectivity index (χ4n) is 3.58. The number of halogens is 2. The van der Waals surface area contributed by atoms with E-state index in [9.17, 15) is 19.1 Å². The van der Waals surface area contributed by atoms with Crippen molar-refractivity contribution in [3.05, 3.63) is 34.6 Å². The Kier molecular flexibility index (Phi) is 5.36. The van der Waals surface area contributed by atoms with Crippen LogP contribution >= 0.6 is 11.6 Å². The molecule has 1 aromatic carbocycles. The third kappa shape index (κ3) is 4.19. The monoisotopic (exact) mass is 398 g/mol. The van der Waals surface area contributed by atoms with E-state index in [1.165, 1.54) is 17.0 Å². The predicted molar refractivity (Wildman–Crippen MR) is 97.7 cm³/mol. The van der Waals surface area contributed by atoms with Gasteiger partial charge in [-0.05, 0) is 45.1 Å². The number of hydrogen-bond donors (Lipinski definition) is 2. The van der Waals surface area contributed by atoms with E-state index < -0.39 is 42.1 Å². The summed E-state index contributed by atoms with van der Waals surface area (Å²) < 4.78 is 19.7. The third-order valence-electron chi connectivity index (χ3n) is 4.90. The molecule has 1 aliphatic heterocycles. The molecular weight excluding hydrogens is 375 g/mol. The van der Waals surface area contributed by atoms with Crippen LogP contribution in [0.4, 0.5) is 9.18 Å². The van der Waals surface area contributed by atoms with E-state index in [-0.39, 0.29) is 22.4 Å². The quantitative estimate of drug-likeness (QED) is 0.817. The number of piperidine rings is 1. The van der Waals surface area contributed by atoms with E-state index in [1.807, 2.05) is 0 Å². The second kappa shape index (κ2) is 7.28. The first-order valence-corrected chi connectivity index (χ1v) is 9.35. The molecule has 1 saturated heterocycles. The molecule has 1 saturated carbocycles. The first-order valence-electron chi connectivity index (χ1n) is 8.97. The lowest BCUT2D eigenvalue weighted by molar-refractivity contribution is -0.127. The van der Waals surface area contributed by atoms with E-state index in [2.05, 4.69) is 5.32 Å². The van der Waals surface area contributed by atoms with Gasteiger partial charge in [0.2, 0.25) is 5.91 Å². The van der Waals surface area contributed by atoms with Crippen LogP contribution in [0, 0.1) is 17.7 Å². The van der Waals surface area contributed by atoms with Gasteiger partial charge in [0.05, 0.1) is 17.7 Å². The molecule has 3 rings (SSSR count). The summed E-state index contributed by atoms with van der Waals surface area (Å²) >= 11 is 5.80. The summed E-state index contributed by atoms with van der Waals surface area (Å²) in [5.74, 6) is -0.757. The number of benzene rings is 1. The molecule has 2 amide bonds. The van der Waals surface area contributed by atoms with Crippen molar-refractivity contribution in [2.75, 3.05) is 13.2 Å². The Morgan fingerprint density at radius 1 is 1.44 bits per heavy atom. The standard InChI is InChI=1S/C19H24ClFN2O4/c1-19(2,3)27-18(26)23-8-10-7-12(10)16(23)17(25)22-14(9-24)11-5-4-6-13(20)15(11)21/h4-6,10,12,14,16,24H,7-9H2,1-3H3,(H,22,25)/t10-,12-,14+,16-/m0/s1. The molecule has 1 aliphatic carbocycles. The minimum Gasteiger partial charge on any atom is -0.444 e. The molecule has 0 aromatic heterocycles. The lowest BCUT2D eigenvalue weighted by Gasteiger charge is -2.30. The smallest absolute Gasteiger partial charge is 0.410 e. The van der Waals surface area contributed by atoms with E-state index in [0.29, 0.717) is 6.54 Å². The van der Waals surface area contributed by atoms with Crippen molar-refractivity contribution in [2.24, 2.45) is 11.8 Å². The van der Waals surface area contributed by atoms with Crippen molar-refractivity contribution in [1.82, 2.24) is 10.2 Å². The Hall–Kier alpha value is -1.86. The number of aliphatic hydroxyl groups is 1. The maximum absolute atomic E-state index is 14.3. The van der Waals surface area contributed by atoms with Crippen molar-refractivity contribution >= 4 is 23.6 Å². The molecule has 2 aliphatic rings. The Balaban J connectivity index is 1.75. The molecule has 2 fully saturated rings. The van der Waals surface area contributed by atoms with Crippen LogP contribution in [0.25, 0.3) is 0 Å². The average Bonchev–Trinajstić information content (AvgIpc) is 3.23. The molecule has 0 bridgehead atoms. The van der Waals surface area contributed by atoms with Crippen LogP contribution in [0.2, 0.25) is 5.02 Å². The van der Waals surface area contributed by atoms with Crippen molar-refractivity contribution < 1.29 is 23.8 Å². The summed E-state index contributed by atoms with van der Waals surface area (Å²) in [4.78, 5) is 26.8. The summed E-state index contributed by atoms with van der Waals surface area (Å²) in [5, 5.41) is 12.2. The largest absolute Gasteiger partial charge is 0.444 e. The van der Waals surface area contributed by atoms with E-state index >= 15 is 0 Å². The zero-order valence-electron chi connectivity index (χ0n) is 15.5. The molecule has 148 valence electrons. The Morgan fingerprint density at radius 2 is 2.15 bits per heavy atom. The summed E-state index contributed by atoms with van der Waals surface area (Å²) in [6, 6.07) is 2.78. The number of rotatable bonds is 4. The van der Waals surface area contributed by atoms with Gasteiger partial charge in [-0.2, -0.15) is 0 Å². The fourth-order valence-corrected chi connectivity index (χ4v) is 3.76. The molecular formula is C19H24ClFN2O4. The maximum atomic E-state index is 14.3. The number of nitrogens with one attached hydrogen (secondary N) is 1. The number of carbonyl (C=O) groups excluding carboxylic acids is 2. The zero-order valence-corrected chi connectivity index (χ0v) is 16.3. The minimum atomic E-state index is -0.950. The molecule has 8 heteroatoms. The maximum Gasteiger partial charge on any atom is 0.410 e. The van der Waals surface area contributed by atoms with Crippen LogP contribution in [-0.4, -0.2) is 46.8 Å². The second-order valence-corrected chi connectivity index (χ2v) is 8.53. The number of hydrogen-bond acceptors (Lipinski definition) is 4. The van der Waals surface area contributed by atoms with Gasteiger partial charge in [0.25, 0.3) is 0 Å². The normalized spacial score (nSPS) is 25.0. The van der Waals surface area contributed by atoms with Crippen LogP contribution < -0.4 is 5.32 Å². The van der Waals surface area contributed by atoms with Gasteiger partial charge in [-0.25, -0.2) is 9.18 Å². The molecule has 1 aromatic rings. The number of carbonyl (C=O) groups is 2. The van der Waals surface area contributed by atoms with Crippen molar-refractivity contribution in [1.29, 1.82) is 0 Å². The third-order valence-corrected chi connectivity index (χ3v) is 5.19.